The monoisotopic (exact) mass is 315 g/mol. The number of carbonyl (C=O) groups excluding carboxylic acids is 1. The molecule has 2 heterocycles. The number of carbonyl (C=O) groups is 1. The molecule has 1 aromatic heterocycles. The Bertz CT molecular complexity index is 711. The van der Waals surface area contributed by atoms with Crippen LogP contribution in [0.15, 0.2) is 30.5 Å². The number of hydrogen-bond acceptors (Lipinski definition) is 2. The second-order valence-electron chi connectivity index (χ2n) is 4.66. The Labute approximate surface area is 122 Å². The standard InChI is InChI=1S/C13H9ClF3N3O/c14-9-3-1-2-4-10(9)20-12-7(6-18-20)8(13(15,16)17)5-11(21)19-12/h1-4,6,8H,5H2,(H,19,21)/t8-/m0/s1. The summed E-state index contributed by atoms with van der Waals surface area (Å²) in [6.07, 6.45) is -4.01. The summed E-state index contributed by atoms with van der Waals surface area (Å²) >= 11 is 6.03. The number of amides is 1. The molecule has 0 saturated carbocycles. The summed E-state index contributed by atoms with van der Waals surface area (Å²) in [5, 5.41) is 6.71. The highest BCUT2D eigenvalue weighted by Gasteiger charge is 2.46. The van der Waals surface area contributed by atoms with E-state index in [1.54, 1.807) is 24.3 Å². The predicted molar refractivity (Wildman–Crippen MR) is 70.6 cm³/mol. The third-order valence-corrected chi connectivity index (χ3v) is 3.62. The fourth-order valence-electron chi connectivity index (χ4n) is 2.32. The molecule has 1 atom stereocenters. The van der Waals surface area contributed by atoms with Crippen LogP contribution < -0.4 is 5.32 Å². The maximum Gasteiger partial charge on any atom is 0.396 e. The van der Waals surface area contributed by atoms with Crippen molar-refractivity contribution in [2.24, 2.45) is 0 Å². The number of halogens is 4. The van der Waals surface area contributed by atoms with Gasteiger partial charge in [0.1, 0.15) is 5.82 Å². The quantitative estimate of drug-likeness (QED) is 0.875. The van der Waals surface area contributed by atoms with Crippen molar-refractivity contribution in [1.29, 1.82) is 0 Å². The lowest BCUT2D eigenvalue weighted by Gasteiger charge is -2.25. The summed E-state index contributed by atoms with van der Waals surface area (Å²) < 4.78 is 40.3. The number of nitrogens with one attached hydrogen (secondary N) is 1. The number of alkyl halides is 3. The van der Waals surface area contributed by atoms with Crippen LogP contribution in [0.1, 0.15) is 17.9 Å². The van der Waals surface area contributed by atoms with Crippen molar-refractivity contribution in [3.8, 4) is 5.69 Å². The number of para-hydroxylation sites is 1. The second-order valence-corrected chi connectivity index (χ2v) is 5.07. The number of aromatic nitrogens is 2. The van der Waals surface area contributed by atoms with Crippen LogP contribution in [0.25, 0.3) is 5.69 Å². The number of rotatable bonds is 1. The third kappa shape index (κ3) is 2.37. The molecule has 0 aliphatic carbocycles. The molecule has 1 aromatic carbocycles. The number of benzene rings is 1. The Morgan fingerprint density at radius 1 is 1.33 bits per heavy atom. The Balaban J connectivity index is 2.15. The minimum Gasteiger partial charge on any atom is -0.310 e. The van der Waals surface area contributed by atoms with E-state index < -0.39 is 24.4 Å². The van der Waals surface area contributed by atoms with Gasteiger partial charge in [-0.3, -0.25) is 4.79 Å². The van der Waals surface area contributed by atoms with E-state index in [4.69, 9.17) is 11.6 Å². The lowest BCUT2D eigenvalue weighted by atomic mass is 9.94. The van der Waals surface area contributed by atoms with Crippen molar-refractivity contribution < 1.29 is 18.0 Å². The first kappa shape index (κ1) is 13.9. The van der Waals surface area contributed by atoms with E-state index in [1.165, 1.54) is 4.68 Å². The Morgan fingerprint density at radius 2 is 2.05 bits per heavy atom. The van der Waals surface area contributed by atoms with Gasteiger partial charge in [0, 0.05) is 12.0 Å². The highest BCUT2D eigenvalue weighted by Crippen LogP contribution is 2.44. The van der Waals surface area contributed by atoms with E-state index in [0.29, 0.717) is 10.7 Å². The first-order valence-electron chi connectivity index (χ1n) is 6.07. The van der Waals surface area contributed by atoms with Crippen molar-refractivity contribution in [1.82, 2.24) is 9.78 Å². The molecule has 1 aliphatic rings. The Morgan fingerprint density at radius 3 is 2.71 bits per heavy atom. The topological polar surface area (TPSA) is 46.9 Å². The SMILES string of the molecule is O=C1C[C@H](C(F)(F)F)c2cnn(-c3ccccc3Cl)c2N1. The van der Waals surface area contributed by atoms with Gasteiger partial charge in [-0.2, -0.15) is 18.3 Å². The summed E-state index contributed by atoms with van der Waals surface area (Å²) in [6.45, 7) is 0. The molecule has 2 aromatic rings. The number of fused-ring (bicyclic) bond motifs is 1. The van der Waals surface area contributed by atoms with Crippen LogP contribution in [0.5, 0.6) is 0 Å². The summed E-state index contributed by atoms with van der Waals surface area (Å²) in [6, 6.07) is 6.58. The number of hydrogen-bond donors (Lipinski definition) is 1. The molecule has 0 radical (unpaired) electrons. The molecule has 4 nitrogen and oxygen atoms in total. The van der Waals surface area contributed by atoms with Crippen molar-refractivity contribution in [3.05, 3.63) is 41.0 Å². The van der Waals surface area contributed by atoms with Crippen LogP contribution >= 0.6 is 11.6 Å². The number of nitrogens with zero attached hydrogens (tertiary/aromatic N) is 2. The first-order chi connectivity index (χ1) is 9.88. The molecule has 0 bridgehead atoms. The van der Waals surface area contributed by atoms with Gasteiger partial charge in [0.25, 0.3) is 0 Å². The number of anilines is 1. The lowest BCUT2D eigenvalue weighted by Crippen LogP contribution is -2.31. The average molecular weight is 316 g/mol. The predicted octanol–water partition coefficient (Wildman–Crippen LogP) is 3.51. The van der Waals surface area contributed by atoms with E-state index in [0.717, 1.165) is 6.20 Å². The minimum absolute atomic E-state index is 0.0154. The van der Waals surface area contributed by atoms with Gasteiger partial charge in [0.05, 0.1) is 22.8 Å². The van der Waals surface area contributed by atoms with Crippen molar-refractivity contribution >= 4 is 23.3 Å². The van der Waals surface area contributed by atoms with E-state index in [2.05, 4.69) is 10.4 Å². The van der Waals surface area contributed by atoms with Crippen molar-refractivity contribution in [2.45, 2.75) is 18.5 Å². The fourth-order valence-corrected chi connectivity index (χ4v) is 2.53. The Hall–Kier alpha value is -2.02. The van der Waals surface area contributed by atoms with Crippen LogP contribution in [0.4, 0.5) is 19.0 Å². The summed E-state index contributed by atoms with van der Waals surface area (Å²) in [5.41, 5.74) is 0.352. The van der Waals surface area contributed by atoms with Crippen LogP contribution in [-0.2, 0) is 4.79 Å². The third-order valence-electron chi connectivity index (χ3n) is 3.30. The van der Waals surface area contributed by atoms with Gasteiger partial charge >= 0.3 is 6.18 Å². The summed E-state index contributed by atoms with van der Waals surface area (Å²) in [5.74, 6) is -2.53. The molecule has 21 heavy (non-hydrogen) atoms. The van der Waals surface area contributed by atoms with Gasteiger partial charge < -0.3 is 5.32 Å². The molecule has 110 valence electrons. The maximum atomic E-state index is 13.0. The smallest absolute Gasteiger partial charge is 0.310 e. The molecule has 1 amide bonds. The zero-order valence-corrected chi connectivity index (χ0v) is 11.2. The molecule has 0 unspecified atom stereocenters. The molecule has 3 rings (SSSR count). The molecular formula is C13H9ClF3N3O. The minimum atomic E-state index is -4.50. The van der Waals surface area contributed by atoms with Gasteiger partial charge in [-0.25, -0.2) is 4.68 Å². The van der Waals surface area contributed by atoms with E-state index in [-0.39, 0.29) is 11.4 Å². The van der Waals surface area contributed by atoms with E-state index in [1.807, 2.05) is 0 Å². The molecule has 8 heteroatoms. The molecule has 1 aliphatic heterocycles. The Kier molecular flexibility index (Phi) is 3.16. The van der Waals surface area contributed by atoms with Gasteiger partial charge in [0.2, 0.25) is 5.91 Å². The highest BCUT2D eigenvalue weighted by atomic mass is 35.5. The van der Waals surface area contributed by atoms with Gasteiger partial charge in [-0.1, -0.05) is 23.7 Å². The van der Waals surface area contributed by atoms with E-state index >= 15 is 0 Å². The van der Waals surface area contributed by atoms with E-state index in [9.17, 15) is 18.0 Å². The van der Waals surface area contributed by atoms with Crippen LogP contribution in [0.2, 0.25) is 5.02 Å². The van der Waals surface area contributed by atoms with Gasteiger partial charge in [-0.15, -0.1) is 0 Å². The van der Waals surface area contributed by atoms with Crippen molar-refractivity contribution in [2.75, 3.05) is 5.32 Å². The van der Waals surface area contributed by atoms with Crippen LogP contribution in [0, 0.1) is 0 Å². The zero-order valence-electron chi connectivity index (χ0n) is 10.5. The maximum absolute atomic E-state index is 13.0. The second kappa shape index (κ2) is 4.77. The lowest BCUT2D eigenvalue weighted by molar-refractivity contribution is -0.156. The highest BCUT2D eigenvalue weighted by molar-refractivity contribution is 6.32. The summed E-state index contributed by atoms with van der Waals surface area (Å²) in [4.78, 5) is 11.6. The van der Waals surface area contributed by atoms with Gasteiger partial charge in [0.15, 0.2) is 0 Å². The first-order valence-corrected chi connectivity index (χ1v) is 6.45. The molecule has 0 spiro atoms. The van der Waals surface area contributed by atoms with Crippen LogP contribution in [0.3, 0.4) is 0 Å². The van der Waals surface area contributed by atoms with Crippen LogP contribution in [-0.4, -0.2) is 21.9 Å². The fraction of sp³-hybridized carbons (Fsp3) is 0.231. The average Bonchev–Trinajstić information content (AvgIpc) is 2.80. The molecule has 0 fully saturated rings. The van der Waals surface area contributed by atoms with Gasteiger partial charge in [-0.05, 0) is 12.1 Å². The molecular weight excluding hydrogens is 307 g/mol. The normalized spacial score (nSPS) is 18.3. The van der Waals surface area contributed by atoms with Crippen molar-refractivity contribution in [3.63, 3.8) is 0 Å². The molecule has 1 N–H and O–H groups in total. The molecule has 0 saturated heterocycles. The summed E-state index contributed by atoms with van der Waals surface area (Å²) in [7, 11) is 0. The zero-order chi connectivity index (χ0) is 15.2. The largest absolute Gasteiger partial charge is 0.396 e.